The second-order valence-corrected chi connectivity index (χ2v) is 4.93. The average molecular weight is 228 g/mol. The van der Waals surface area contributed by atoms with E-state index in [9.17, 15) is 0 Å². The molecular weight excluding hydrogens is 208 g/mol. The summed E-state index contributed by atoms with van der Waals surface area (Å²) in [5, 5.41) is 8.63. The minimum absolute atomic E-state index is 0.712. The Bertz CT molecular complexity index is 366. The zero-order valence-electron chi connectivity index (χ0n) is 10.3. The van der Waals surface area contributed by atoms with Crippen LogP contribution in [-0.4, -0.2) is 18.0 Å². The van der Waals surface area contributed by atoms with Crippen molar-refractivity contribution in [2.45, 2.75) is 32.2 Å². The number of likely N-dealkylation sites (tertiary alicyclic amines) is 1. The van der Waals surface area contributed by atoms with Crippen LogP contribution in [0.15, 0.2) is 30.3 Å². The lowest BCUT2D eigenvalue weighted by Crippen LogP contribution is -2.34. The van der Waals surface area contributed by atoms with Crippen LogP contribution in [-0.2, 0) is 6.54 Å². The number of hydrogen-bond donors (Lipinski definition) is 0. The van der Waals surface area contributed by atoms with Gasteiger partial charge >= 0.3 is 0 Å². The minimum atomic E-state index is 0.712. The van der Waals surface area contributed by atoms with Gasteiger partial charge in [-0.15, -0.1) is 0 Å². The van der Waals surface area contributed by atoms with E-state index >= 15 is 0 Å². The fraction of sp³-hybridized carbons (Fsp3) is 0.533. The molecule has 1 aromatic carbocycles. The lowest BCUT2D eigenvalue weighted by atomic mass is 9.93. The van der Waals surface area contributed by atoms with Crippen LogP contribution in [0.3, 0.4) is 0 Å². The third-order valence-electron chi connectivity index (χ3n) is 3.52. The van der Waals surface area contributed by atoms with Crippen molar-refractivity contribution >= 4 is 0 Å². The van der Waals surface area contributed by atoms with E-state index in [4.69, 9.17) is 5.26 Å². The number of benzene rings is 1. The Balaban J connectivity index is 1.83. The first-order valence-corrected chi connectivity index (χ1v) is 6.51. The summed E-state index contributed by atoms with van der Waals surface area (Å²) in [6.45, 7) is 3.43. The predicted octanol–water partition coefficient (Wildman–Crippen LogP) is 3.20. The van der Waals surface area contributed by atoms with Gasteiger partial charge in [0, 0.05) is 19.5 Å². The van der Waals surface area contributed by atoms with Crippen LogP contribution in [0, 0.1) is 17.2 Å². The van der Waals surface area contributed by atoms with Crippen LogP contribution in [0.25, 0.3) is 0 Å². The summed E-state index contributed by atoms with van der Waals surface area (Å²) in [4.78, 5) is 2.53. The Morgan fingerprint density at radius 1 is 1.29 bits per heavy atom. The van der Waals surface area contributed by atoms with Gasteiger partial charge in [-0.1, -0.05) is 30.3 Å². The summed E-state index contributed by atoms with van der Waals surface area (Å²) in [7, 11) is 0. The SMILES string of the molecule is N#CCCC1CCCN(Cc2ccccc2)C1. The van der Waals surface area contributed by atoms with Crippen molar-refractivity contribution in [2.24, 2.45) is 5.92 Å². The summed E-state index contributed by atoms with van der Waals surface area (Å²) in [5.74, 6) is 0.729. The average Bonchev–Trinajstić information content (AvgIpc) is 2.38. The maximum atomic E-state index is 8.63. The molecule has 1 fully saturated rings. The van der Waals surface area contributed by atoms with Crippen LogP contribution in [0.5, 0.6) is 0 Å². The van der Waals surface area contributed by atoms with Gasteiger partial charge in [-0.05, 0) is 37.3 Å². The van der Waals surface area contributed by atoms with E-state index in [2.05, 4.69) is 41.3 Å². The first-order chi connectivity index (χ1) is 8.38. The van der Waals surface area contributed by atoms with E-state index in [1.54, 1.807) is 0 Å². The molecule has 0 radical (unpaired) electrons. The van der Waals surface area contributed by atoms with Gasteiger partial charge in [-0.2, -0.15) is 5.26 Å². The summed E-state index contributed by atoms with van der Waals surface area (Å²) >= 11 is 0. The second-order valence-electron chi connectivity index (χ2n) is 4.93. The molecule has 0 bridgehead atoms. The van der Waals surface area contributed by atoms with Crippen molar-refractivity contribution in [1.82, 2.24) is 4.90 Å². The van der Waals surface area contributed by atoms with Crippen molar-refractivity contribution in [1.29, 1.82) is 5.26 Å². The molecule has 0 spiro atoms. The van der Waals surface area contributed by atoms with E-state index < -0.39 is 0 Å². The lowest BCUT2D eigenvalue weighted by Gasteiger charge is -2.32. The van der Waals surface area contributed by atoms with Crippen molar-refractivity contribution in [3.05, 3.63) is 35.9 Å². The maximum absolute atomic E-state index is 8.63. The molecule has 1 aromatic rings. The van der Waals surface area contributed by atoms with Gasteiger partial charge in [-0.25, -0.2) is 0 Å². The van der Waals surface area contributed by atoms with E-state index in [1.165, 1.54) is 24.9 Å². The summed E-state index contributed by atoms with van der Waals surface area (Å²) < 4.78 is 0. The molecule has 1 atom stereocenters. The first kappa shape index (κ1) is 12.1. The monoisotopic (exact) mass is 228 g/mol. The number of nitrogens with zero attached hydrogens (tertiary/aromatic N) is 2. The molecular formula is C15H20N2. The molecule has 0 saturated carbocycles. The molecule has 0 aliphatic carbocycles. The van der Waals surface area contributed by atoms with Gasteiger partial charge in [0.25, 0.3) is 0 Å². The minimum Gasteiger partial charge on any atom is -0.299 e. The Kier molecular flexibility index (Phi) is 4.58. The third kappa shape index (κ3) is 3.87. The van der Waals surface area contributed by atoms with Crippen LogP contribution in [0.1, 0.15) is 31.2 Å². The highest BCUT2D eigenvalue weighted by atomic mass is 15.1. The topological polar surface area (TPSA) is 27.0 Å². The van der Waals surface area contributed by atoms with Gasteiger partial charge in [0.15, 0.2) is 0 Å². The van der Waals surface area contributed by atoms with Crippen LogP contribution in [0.2, 0.25) is 0 Å². The molecule has 2 nitrogen and oxygen atoms in total. The maximum Gasteiger partial charge on any atom is 0.0621 e. The van der Waals surface area contributed by atoms with E-state index in [0.717, 1.165) is 25.4 Å². The van der Waals surface area contributed by atoms with Gasteiger partial charge < -0.3 is 0 Å². The molecule has 2 heteroatoms. The smallest absolute Gasteiger partial charge is 0.0621 e. The third-order valence-corrected chi connectivity index (χ3v) is 3.52. The highest BCUT2D eigenvalue weighted by molar-refractivity contribution is 5.14. The summed E-state index contributed by atoms with van der Waals surface area (Å²) in [6, 6.07) is 12.9. The molecule has 1 aliphatic heterocycles. The molecule has 0 amide bonds. The number of rotatable bonds is 4. The Morgan fingerprint density at radius 2 is 2.12 bits per heavy atom. The summed E-state index contributed by atoms with van der Waals surface area (Å²) in [5.41, 5.74) is 1.40. The fourth-order valence-corrected chi connectivity index (χ4v) is 2.64. The largest absolute Gasteiger partial charge is 0.299 e. The molecule has 90 valence electrons. The van der Waals surface area contributed by atoms with E-state index in [0.29, 0.717) is 6.42 Å². The zero-order valence-corrected chi connectivity index (χ0v) is 10.3. The fourth-order valence-electron chi connectivity index (χ4n) is 2.64. The molecule has 1 heterocycles. The van der Waals surface area contributed by atoms with E-state index in [-0.39, 0.29) is 0 Å². The van der Waals surface area contributed by atoms with Crippen molar-refractivity contribution in [3.8, 4) is 6.07 Å². The Labute approximate surface area is 104 Å². The molecule has 1 aliphatic rings. The Morgan fingerprint density at radius 3 is 2.88 bits per heavy atom. The van der Waals surface area contributed by atoms with Crippen molar-refractivity contribution < 1.29 is 0 Å². The highest BCUT2D eigenvalue weighted by Crippen LogP contribution is 2.22. The molecule has 0 aromatic heterocycles. The lowest BCUT2D eigenvalue weighted by molar-refractivity contribution is 0.162. The van der Waals surface area contributed by atoms with Crippen molar-refractivity contribution in [3.63, 3.8) is 0 Å². The molecule has 1 saturated heterocycles. The van der Waals surface area contributed by atoms with E-state index in [1.807, 2.05) is 0 Å². The quantitative estimate of drug-likeness (QED) is 0.791. The van der Waals surface area contributed by atoms with Crippen LogP contribution < -0.4 is 0 Å². The second kappa shape index (κ2) is 6.42. The van der Waals surface area contributed by atoms with Gasteiger partial charge in [0.1, 0.15) is 0 Å². The van der Waals surface area contributed by atoms with Gasteiger partial charge in [0.05, 0.1) is 6.07 Å². The number of piperidine rings is 1. The number of hydrogen-bond acceptors (Lipinski definition) is 2. The normalized spacial score (nSPS) is 21.0. The molecule has 17 heavy (non-hydrogen) atoms. The number of nitriles is 1. The highest BCUT2D eigenvalue weighted by Gasteiger charge is 2.19. The van der Waals surface area contributed by atoms with Crippen molar-refractivity contribution in [2.75, 3.05) is 13.1 Å². The van der Waals surface area contributed by atoms with Gasteiger partial charge in [0.2, 0.25) is 0 Å². The first-order valence-electron chi connectivity index (χ1n) is 6.51. The molecule has 2 rings (SSSR count). The van der Waals surface area contributed by atoms with Crippen LogP contribution in [0.4, 0.5) is 0 Å². The Hall–Kier alpha value is -1.33. The van der Waals surface area contributed by atoms with Gasteiger partial charge in [-0.3, -0.25) is 4.90 Å². The predicted molar refractivity (Wildman–Crippen MR) is 69.3 cm³/mol. The van der Waals surface area contributed by atoms with Crippen LogP contribution >= 0.6 is 0 Å². The standard InChI is InChI=1S/C15H20N2/c16-10-4-8-15-9-5-11-17(13-15)12-14-6-2-1-3-7-14/h1-3,6-7,15H,4-5,8-9,11-13H2. The summed E-state index contributed by atoms with van der Waals surface area (Å²) in [6.07, 6.45) is 4.36. The molecule has 1 unspecified atom stereocenters. The molecule has 0 N–H and O–H groups in total. The zero-order chi connectivity index (χ0) is 11.9.